The minimum atomic E-state index is -3.91. The van der Waals surface area contributed by atoms with E-state index in [9.17, 15) is 16.8 Å². The Bertz CT molecular complexity index is 1160. The fraction of sp³-hybridized carbons (Fsp3) is 0.238. The molecule has 0 bridgehead atoms. The van der Waals surface area contributed by atoms with E-state index in [4.69, 9.17) is 0 Å². The van der Waals surface area contributed by atoms with Gasteiger partial charge in [0.1, 0.15) is 0 Å². The van der Waals surface area contributed by atoms with Crippen molar-refractivity contribution in [3.05, 3.63) is 82.6 Å². The minimum absolute atomic E-state index is 0.0101. The van der Waals surface area contributed by atoms with Crippen molar-refractivity contribution in [2.75, 3.05) is 6.26 Å². The van der Waals surface area contributed by atoms with Crippen LogP contribution in [0.15, 0.2) is 81.9 Å². The van der Waals surface area contributed by atoms with Gasteiger partial charge in [0.05, 0.1) is 9.79 Å². The molecule has 0 aliphatic heterocycles. The van der Waals surface area contributed by atoms with Crippen molar-refractivity contribution in [1.29, 1.82) is 0 Å². The van der Waals surface area contributed by atoms with Crippen LogP contribution in [0.4, 0.5) is 0 Å². The topological polar surface area (TPSA) is 71.5 Å². The zero-order chi connectivity index (χ0) is 21.1. The first-order valence-electron chi connectivity index (χ1n) is 9.06. The largest absolute Gasteiger partial charge is 0.243 e. The predicted octanol–water partition coefficient (Wildman–Crippen LogP) is 3.97. The average molecular weight is 450 g/mol. The van der Waals surface area contributed by atoms with Gasteiger partial charge in [0, 0.05) is 23.7 Å². The highest BCUT2D eigenvalue weighted by atomic mass is 32.2. The quantitative estimate of drug-likeness (QED) is 0.522. The maximum Gasteiger partial charge on any atom is 0.243 e. The smallest absolute Gasteiger partial charge is 0.224 e. The molecule has 29 heavy (non-hydrogen) atoms. The van der Waals surface area contributed by atoms with Gasteiger partial charge < -0.3 is 0 Å². The SMILES string of the molecule is C[C@@H](Cc1cccs1)N(Cc1ccccc1)S(=O)(=O)c1cccc(S(C)(=O)=O)c1. The fourth-order valence-electron chi connectivity index (χ4n) is 3.06. The Kier molecular flexibility index (Phi) is 6.58. The Balaban J connectivity index is 2.01. The molecule has 0 fully saturated rings. The molecule has 0 aliphatic carbocycles. The third-order valence-electron chi connectivity index (χ3n) is 4.59. The molecule has 8 heteroatoms. The van der Waals surface area contributed by atoms with E-state index in [0.717, 1.165) is 16.7 Å². The Morgan fingerprint density at radius 1 is 0.897 bits per heavy atom. The summed E-state index contributed by atoms with van der Waals surface area (Å²) in [5.41, 5.74) is 0.869. The molecule has 0 unspecified atom stereocenters. The summed E-state index contributed by atoms with van der Waals surface area (Å²) in [4.78, 5) is 1.06. The van der Waals surface area contributed by atoms with Gasteiger partial charge in [-0.05, 0) is 48.6 Å². The third kappa shape index (κ3) is 5.33. The second-order valence-corrected chi connectivity index (χ2v) is 11.9. The lowest BCUT2D eigenvalue weighted by Crippen LogP contribution is -2.39. The number of hydrogen-bond donors (Lipinski definition) is 0. The van der Waals surface area contributed by atoms with Crippen molar-refractivity contribution in [3.63, 3.8) is 0 Å². The molecular formula is C21H23NO4S3. The van der Waals surface area contributed by atoms with Crippen LogP contribution in [0, 0.1) is 0 Å². The van der Waals surface area contributed by atoms with Gasteiger partial charge in [-0.3, -0.25) is 0 Å². The maximum atomic E-state index is 13.5. The first kappa shape index (κ1) is 21.7. The standard InChI is InChI=1S/C21H23NO4S3/c1-17(14-19-10-7-13-27-19)22(16-18-8-4-3-5-9-18)29(25,26)21-12-6-11-20(15-21)28(2,23)24/h3-13,15,17H,14,16H2,1-2H3/t17-/m0/s1. The Morgan fingerprint density at radius 2 is 1.59 bits per heavy atom. The molecule has 0 radical (unpaired) electrons. The minimum Gasteiger partial charge on any atom is -0.224 e. The Hall–Kier alpha value is -2.00. The molecule has 0 spiro atoms. The molecule has 154 valence electrons. The summed E-state index contributed by atoms with van der Waals surface area (Å²) >= 11 is 1.59. The summed E-state index contributed by atoms with van der Waals surface area (Å²) in [7, 11) is -7.42. The first-order valence-corrected chi connectivity index (χ1v) is 13.3. The van der Waals surface area contributed by atoms with Gasteiger partial charge in [0.25, 0.3) is 0 Å². The van der Waals surface area contributed by atoms with Crippen molar-refractivity contribution in [1.82, 2.24) is 4.31 Å². The number of thiophene rings is 1. The highest BCUT2D eigenvalue weighted by Gasteiger charge is 2.30. The molecular weight excluding hydrogens is 426 g/mol. The number of sulfone groups is 1. The van der Waals surface area contributed by atoms with Gasteiger partial charge in [0.2, 0.25) is 10.0 Å². The van der Waals surface area contributed by atoms with Crippen LogP contribution in [0.5, 0.6) is 0 Å². The normalized spacial score (nSPS) is 13.5. The zero-order valence-electron chi connectivity index (χ0n) is 16.2. The molecule has 0 saturated heterocycles. The molecule has 3 rings (SSSR count). The molecule has 1 aromatic heterocycles. The zero-order valence-corrected chi connectivity index (χ0v) is 18.7. The molecule has 2 aromatic carbocycles. The lowest BCUT2D eigenvalue weighted by molar-refractivity contribution is 0.329. The summed E-state index contributed by atoms with van der Waals surface area (Å²) < 4.78 is 52.3. The van der Waals surface area contributed by atoms with Gasteiger partial charge in [-0.25, -0.2) is 16.8 Å². The number of benzene rings is 2. The van der Waals surface area contributed by atoms with E-state index in [0.29, 0.717) is 6.42 Å². The Labute approximate surface area is 176 Å². The summed E-state index contributed by atoms with van der Waals surface area (Å²) in [6, 6.07) is 18.6. The van der Waals surface area contributed by atoms with Crippen LogP contribution in [-0.2, 0) is 32.8 Å². The molecule has 0 aliphatic rings. The van der Waals surface area contributed by atoms with Crippen LogP contribution >= 0.6 is 11.3 Å². The van der Waals surface area contributed by atoms with E-state index in [-0.39, 0.29) is 22.4 Å². The van der Waals surface area contributed by atoms with Crippen LogP contribution in [0.25, 0.3) is 0 Å². The van der Waals surface area contributed by atoms with Gasteiger partial charge in [-0.1, -0.05) is 42.5 Å². The molecule has 0 N–H and O–H groups in total. The third-order valence-corrected chi connectivity index (χ3v) is 8.55. The number of hydrogen-bond acceptors (Lipinski definition) is 5. The molecule has 1 atom stereocenters. The van der Waals surface area contributed by atoms with E-state index in [1.807, 2.05) is 54.8 Å². The molecule has 3 aromatic rings. The van der Waals surface area contributed by atoms with Crippen LogP contribution in [-0.4, -0.2) is 33.4 Å². The maximum absolute atomic E-state index is 13.5. The van der Waals surface area contributed by atoms with Crippen molar-refractivity contribution >= 4 is 31.2 Å². The van der Waals surface area contributed by atoms with E-state index in [2.05, 4.69) is 0 Å². The van der Waals surface area contributed by atoms with Crippen molar-refractivity contribution in [2.24, 2.45) is 0 Å². The first-order chi connectivity index (χ1) is 13.7. The molecule has 5 nitrogen and oxygen atoms in total. The van der Waals surface area contributed by atoms with Crippen LogP contribution in [0.3, 0.4) is 0 Å². The number of nitrogens with zero attached hydrogens (tertiary/aromatic N) is 1. The summed E-state index contributed by atoms with van der Waals surface area (Å²) in [5, 5.41) is 1.97. The van der Waals surface area contributed by atoms with Gasteiger partial charge in [-0.15, -0.1) is 11.3 Å². The average Bonchev–Trinajstić information content (AvgIpc) is 3.19. The van der Waals surface area contributed by atoms with Gasteiger partial charge in [-0.2, -0.15) is 4.31 Å². The highest BCUT2D eigenvalue weighted by molar-refractivity contribution is 7.91. The van der Waals surface area contributed by atoms with Crippen molar-refractivity contribution < 1.29 is 16.8 Å². The van der Waals surface area contributed by atoms with E-state index in [1.165, 1.54) is 28.6 Å². The second-order valence-electron chi connectivity index (χ2n) is 6.92. The molecule has 0 amide bonds. The van der Waals surface area contributed by atoms with Crippen LogP contribution in [0.1, 0.15) is 17.4 Å². The van der Waals surface area contributed by atoms with Gasteiger partial charge in [0.15, 0.2) is 9.84 Å². The van der Waals surface area contributed by atoms with E-state index < -0.39 is 19.9 Å². The highest BCUT2D eigenvalue weighted by Crippen LogP contribution is 2.25. The number of rotatable bonds is 8. The number of sulfonamides is 1. The lowest BCUT2D eigenvalue weighted by atomic mass is 10.1. The summed E-state index contributed by atoms with van der Waals surface area (Å²) in [6.45, 7) is 2.08. The van der Waals surface area contributed by atoms with E-state index >= 15 is 0 Å². The van der Waals surface area contributed by atoms with E-state index in [1.54, 1.807) is 11.3 Å². The molecule has 1 heterocycles. The monoisotopic (exact) mass is 449 g/mol. The van der Waals surface area contributed by atoms with Crippen LogP contribution in [0.2, 0.25) is 0 Å². The Morgan fingerprint density at radius 3 is 2.21 bits per heavy atom. The van der Waals surface area contributed by atoms with Crippen molar-refractivity contribution in [3.8, 4) is 0 Å². The summed E-state index contributed by atoms with van der Waals surface area (Å²) in [6.07, 6.45) is 1.65. The summed E-state index contributed by atoms with van der Waals surface area (Å²) in [5.74, 6) is 0. The fourth-order valence-corrected chi connectivity index (χ4v) is 6.30. The molecule has 0 saturated carbocycles. The van der Waals surface area contributed by atoms with Crippen molar-refractivity contribution in [2.45, 2.75) is 35.7 Å². The lowest BCUT2D eigenvalue weighted by Gasteiger charge is -2.28. The predicted molar refractivity (Wildman–Crippen MR) is 116 cm³/mol. The second kappa shape index (κ2) is 8.79. The van der Waals surface area contributed by atoms with Gasteiger partial charge >= 0.3 is 0 Å². The van der Waals surface area contributed by atoms with Crippen LogP contribution < -0.4 is 0 Å².